The highest BCUT2D eigenvalue weighted by atomic mass is 32.1. The van der Waals surface area contributed by atoms with E-state index in [-0.39, 0.29) is 18.9 Å². The molecule has 2 aromatic heterocycles. The highest BCUT2D eigenvalue weighted by Gasteiger charge is 2.17. The predicted octanol–water partition coefficient (Wildman–Crippen LogP) is 3.80. The molecule has 0 radical (unpaired) electrons. The van der Waals surface area contributed by atoms with E-state index >= 15 is 0 Å². The van der Waals surface area contributed by atoms with E-state index in [2.05, 4.69) is 16.4 Å². The zero-order chi connectivity index (χ0) is 19.1. The summed E-state index contributed by atoms with van der Waals surface area (Å²) in [6, 6.07) is 3.82. The first-order valence-electron chi connectivity index (χ1n) is 9.22. The number of hydrogen-bond acceptors (Lipinski definition) is 6. The third-order valence-electron chi connectivity index (χ3n) is 4.45. The highest BCUT2D eigenvalue weighted by Crippen LogP contribution is 2.26. The second-order valence-electron chi connectivity index (χ2n) is 6.54. The van der Waals surface area contributed by atoms with Crippen molar-refractivity contribution in [2.75, 3.05) is 13.2 Å². The summed E-state index contributed by atoms with van der Waals surface area (Å²) in [6.45, 7) is 2.07. The fourth-order valence-electron chi connectivity index (χ4n) is 2.98. The van der Waals surface area contributed by atoms with Crippen molar-refractivity contribution in [1.82, 2.24) is 10.3 Å². The van der Waals surface area contributed by atoms with Crippen LogP contribution in [0, 0.1) is 6.92 Å². The number of allylic oxidation sites excluding steroid dienone is 1. The number of amides is 1. The molecule has 0 unspecified atom stereocenters. The van der Waals surface area contributed by atoms with E-state index in [1.807, 2.05) is 17.5 Å². The number of rotatable bonds is 8. The van der Waals surface area contributed by atoms with Crippen molar-refractivity contribution in [3.63, 3.8) is 0 Å². The molecule has 0 saturated heterocycles. The number of nitrogens with zero attached hydrogens (tertiary/aromatic N) is 1. The molecular weight excluding hydrogens is 364 g/mol. The van der Waals surface area contributed by atoms with E-state index in [1.54, 1.807) is 6.92 Å². The predicted molar refractivity (Wildman–Crippen MR) is 103 cm³/mol. The van der Waals surface area contributed by atoms with Crippen molar-refractivity contribution in [2.24, 2.45) is 0 Å². The van der Waals surface area contributed by atoms with E-state index < -0.39 is 5.97 Å². The van der Waals surface area contributed by atoms with Crippen LogP contribution in [0.15, 0.2) is 33.6 Å². The lowest BCUT2D eigenvalue weighted by molar-refractivity contribution is -0.147. The van der Waals surface area contributed by atoms with Gasteiger partial charge in [0.15, 0.2) is 6.61 Å². The van der Waals surface area contributed by atoms with Crippen LogP contribution >= 0.6 is 11.3 Å². The van der Waals surface area contributed by atoms with Crippen LogP contribution in [0.5, 0.6) is 0 Å². The normalized spacial score (nSPS) is 13.9. The number of nitrogens with one attached hydrogen (secondary N) is 1. The Morgan fingerprint density at radius 1 is 1.37 bits per heavy atom. The van der Waals surface area contributed by atoms with Crippen molar-refractivity contribution < 1.29 is 18.7 Å². The lowest BCUT2D eigenvalue weighted by Gasteiger charge is -2.12. The van der Waals surface area contributed by atoms with Gasteiger partial charge in [-0.2, -0.15) is 0 Å². The smallest absolute Gasteiger partial charge is 0.312 e. The van der Waals surface area contributed by atoms with Crippen molar-refractivity contribution in [1.29, 1.82) is 0 Å². The molecule has 3 rings (SSSR count). The first-order valence-corrected chi connectivity index (χ1v) is 10.1. The molecule has 2 heterocycles. The fraction of sp³-hybridized carbons (Fsp3) is 0.450. The van der Waals surface area contributed by atoms with Crippen LogP contribution in [0.3, 0.4) is 0 Å². The molecule has 1 N–H and O–H groups in total. The van der Waals surface area contributed by atoms with E-state index in [9.17, 15) is 9.59 Å². The topological polar surface area (TPSA) is 81.4 Å². The minimum atomic E-state index is -0.491. The van der Waals surface area contributed by atoms with Gasteiger partial charge in [-0.3, -0.25) is 9.59 Å². The monoisotopic (exact) mass is 388 g/mol. The van der Waals surface area contributed by atoms with Crippen molar-refractivity contribution in [3.8, 4) is 10.8 Å². The average Bonchev–Trinajstić information content (AvgIpc) is 3.31. The molecule has 0 atom stereocenters. The molecule has 2 aromatic rings. The molecule has 0 aliphatic heterocycles. The van der Waals surface area contributed by atoms with Crippen LogP contribution in [-0.2, 0) is 20.7 Å². The molecule has 0 saturated carbocycles. The van der Waals surface area contributed by atoms with Crippen LogP contribution in [0.1, 0.15) is 43.6 Å². The van der Waals surface area contributed by atoms with Crippen LogP contribution < -0.4 is 5.32 Å². The molecule has 1 amide bonds. The molecule has 1 aliphatic carbocycles. The average molecular weight is 388 g/mol. The first-order chi connectivity index (χ1) is 13.1. The number of oxazole rings is 1. The Labute approximate surface area is 162 Å². The standard InChI is InChI=1S/C20H24N2O4S/c1-14-16(22-20(26-14)17-8-5-11-27-17)12-19(24)25-13-18(23)21-10-9-15-6-3-2-4-7-15/h5-6,8,11H,2-4,7,9-10,12-13H2,1H3,(H,21,23). The number of aryl methyl sites for hydroxylation is 1. The number of aromatic nitrogens is 1. The van der Waals surface area contributed by atoms with Gasteiger partial charge >= 0.3 is 5.97 Å². The SMILES string of the molecule is Cc1oc(-c2cccs2)nc1CC(=O)OCC(=O)NCCC1=CCCCC1. The second kappa shape index (κ2) is 9.50. The molecule has 144 valence electrons. The highest BCUT2D eigenvalue weighted by molar-refractivity contribution is 7.13. The van der Waals surface area contributed by atoms with Gasteiger partial charge < -0.3 is 14.5 Å². The van der Waals surface area contributed by atoms with Crippen molar-refractivity contribution >= 4 is 23.2 Å². The summed E-state index contributed by atoms with van der Waals surface area (Å²) in [6.07, 6.45) is 7.86. The number of hydrogen-bond donors (Lipinski definition) is 1. The zero-order valence-corrected chi connectivity index (χ0v) is 16.3. The summed E-state index contributed by atoms with van der Waals surface area (Å²) in [4.78, 5) is 29.1. The molecule has 7 heteroatoms. The first kappa shape index (κ1) is 19.4. The van der Waals surface area contributed by atoms with Crippen LogP contribution in [0.4, 0.5) is 0 Å². The molecule has 0 spiro atoms. The minimum absolute atomic E-state index is 0.0130. The Balaban J connectivity index is 1.39. The van der Waals surface area contributed by atoms with E-state index in [1.165, 1.54) is 29.8 Å². The summed E-state index contributed by atoms with van der Waals surface area (Å²) in [5, 5.41) is 4.73. The Morgan fingerprint density at radius 3 is 3.00 bits per heavy atom. The number of esters is 1. The third-order valence-corrected chi connectivity index (χ3v) is 5.31. The van der Waals surface area contributed by atoms with Gasteiger partial charge in [0.05, 0.1) is 17.0 Å². The maximum absolute atomic E-state index is 12.0. The molecule has 0 fully saturated rings. The lowest BCUT2D eigenvalue weighted by atomic mass is 9.97. The minimum Gasteiger partial charge on any atom is -0.455 e. The lowest BCUT2D eigenvalue weighted by Crippen LogP contribution is -2.30. The zero-order valence-electron chi connectivity index (χ0n) is 15.5. The second-order valence-corrected chi connectivity index (χ2v) is 7.49. The summed E-state index contributed by atoms with van der Waals surface area (Å²) in [7, 11) is 0. The van der Waals surface area contributed by atoms with Gasteiger partial charge in [0, 0.05) is 6.54 Å². The van der Waals surface area contributed by atoms with E-state index in [4.69, 9.17) is 9.15 Å². The maximum Gasteiger partial charge on any atom is 0.312 e. The Bertz CT molecular complexity index is 808. The van der Waals surface area contributed by atoms with Gasteiger partial charge in [-0.25, -0.2) is 4.98 Å². The van der Waals surface area contributed by atoms with Crippen LogP contribution in [-0.4, -0.2) is 30.0 Å². The van der Waals surface area contributed by atoms with Gasteiger partial charge in [-0.15, -0.1) is 11.3 Å². The number of carbonyl (C=O) groups excluding carboxylic acids is 2. The summed E-state index contributed by atoms with van der Waals surface area (Å²) in [5.74, 6) is 0.311. The molecule has 27 heavy (non-hydrogen) atoms. The van der Waals surface area contributed by atoms with E-state index in [0.29, 0.717) is 23.9 Å². The quantitative estimate of drug-likeness (QED) is 0.549. The summed E-state index contributed by atoms with van der Waals surface area (Å²) >= 11 is 1.52. The van der Waals surface area contributed by atoms with Gasteiger partial charge in [0.2, 0.25) is 5.89 Å². The third kappa shape index (κ3) is 5.79. The molecule has 6 nitrogen and oxygen atoms in total. The Hall–Kier alpha value is -2.41. The molecule has 0 bridgehead atoms. The largest absolute Gasteiger partial charge is 0.455 e. The fourth-order valence-corrected chi connectivity index (χ4v) is 3.63. The Kier molecular flexibility index (Phi) is 6.81. The van der Waals surface area contributed by atoms with Crippen LogP contribution in [0.2, 0.25) is 0 Å². The molecule has 1 aliphatic rings. The summed E-state index contributed by atoms with van der Waals surface area (Å²) in [5.41, 5.74) is 1.94. The van der Waals surface area contributed by atoms with Gasteiger partial charge in [-0.1, -0.05) is 17.7 Å². The molecule has 0 aromatic carbocycles. The maximum atomic E-state index is 12.0. The van der Waals surface area contributed by atoms with Crippen molar-refractivity contribution in [2.45, 2.75) is 45.4 Å². The number of thiophene rings is 1. The van der Waals surface area contributed by atoms with Gasteiger partial charge in [0.1, 0.15) is 5.76 Å². The Morgan fingerprint density at radius 2 is 2.26 bits per heavy atom. The molecular formula is C20H24N2O4S. The summed E-state index contributed by atoms with van der Waals surface area (Å²) < 4.78 is 10.7. The number of ether oxygens (including phenoxy) is 1. The van der Waals surface area contributed by atoms with Gasteiger partial charge in [0.25, 0.3) is 5.91 Å². The van der Waals surface area contributed by atoms with E-state index in [0.717, 1.165) is 24.1 Å². The van der Waals surface area contributed by atoms with Gasteiger partial charge in [-0.05, 0) is 50.5 Å². The van der Waals surface area contributed by atoms with Crippen molar-refractivity contribution in [3.05, 3.63) is 40.6 Å². The number of carbonyl (C=O) groups is 2. The van der Waals surface area contributed by atoms with Crippen LogP contribution in [0.25, 0.3) is 10.8 Å².